The molecule has 2 aromatic rings. The van der Waals surface area contributed by atoms with E-state index in [1.807, 2.05) is 68.5 Å². The van der Waals surface area contributed by atoms with Crippen LogP contribution < -0.4 is 16.4 Å². The Hall–Kier alpha value is -4.88. The van der Waals surface area contributed by atoms with E-state index in [-0.39, 0.29) is 43.8 Å². The molecule has 0 unspecified atom stereocenters. The lowest BCUT2D eigenvalue weighted by atomic mass is 9.51. The lowest BCUT2D eigenvalue weighted by molar-refractivity contribution is -0.170. The maximum atomic E-state index is 15.5. The number of aliphatic hydroxyl groups is 4. The van der Waals surface area contributed by atoms with Crippen molar-refractivity contribution in [2.75, 3.05) is 19.8 Å². The molecule has 2 fully saturated rings. The maximum absolute atomic E-state index is 15.5. The second-order valence-electron chi connectivity index (χ2n) is 20.2. The van der Waals surface area contributed by atoms with Crippen LogP contribution in [0.4, 0.5) is 0 Å². The second-order valence-corrected chi connectivity index (χ2v) is 20.2. The number of aryl methyl sites for hydroxylation is 1. The zero-order valence-corrected chi connectivity index (χ0v) is 39.5. The summed E-state index contributed by atoms with van der Waals surface area (Å²) in [5.41, 5.74) is 12.5. The number of nitrogens with one attached hydrogen (secondary N) is 2. The van der Waals surface area contributed by atoms with Crippen LogP contribution in [0.15, 0.2) is 101 Å². The van der Waals surface area contributed by atoms with Crippen molar-refractivity contribution in [2.45, 2.75) is 140 Å². The van der Waals surface area contributed by atoms with Gasteiger partial charge in [0.2, 0.25) is 5.91 Å². The number of aliphatic hydroxyl groups excluding tert-OH is 3. The van der Waals surface area contributed by atoms with Gasteiger partial charge in [0.15, 0.2) is 5.78 Å². The Labute approximate surface area is 396 Å². The monoisotopic (exact) mass is 908 g/mol. The lowest BCUT2D eigenvalue weighted by Crippen LogP contribution is -2.60. The van der Waals surface area contributed by atoms with Crippen molar-refractivity contribution >= 4 is 11.7 Å². The van der Waals surface area contributed by atoms with Gasteiger partial charge in [-0.1, -0.05) is 108 Å². The van der Waals surface area contributed by atoms with Crippen LogP contribution in [0.2, 0.25) is 0 Å². The third-order valence-electron chi connectivity index (χ3n) is 15.9. The highest BCUT2D eigenvalue weighted by molar-refractivity contribution is 6.01. The zero-order valence-electron chi connectivity index (χ0n) is 39.5. The number of β-amino-alcohol motifs (C(OH)–C–C–N with tert-alkyl or cyclic N) is 1. The molecule has 354 valence electrons. The number of fused-ring (bicyclic) bond motifs is 8. The Kier molecular flexibility index (Phi) is 15.1. The summed E-state index contributed by atoms with van der Waals surface area (Å²) in [5, 5.41) is 55.9. The Morgan fingerprint density at radius 2 is 1.75 bits per heavy atom. The number of carbonyl (C=O) groups is 2. The van der Waals surface area contributed by atoms with E-state index < -0.39 is 59.3 Å². The first kappa shape index (κ1) is 48.6. The van der Waals surface area contributed by atoms with Crippen molar-refractivity contribution in [3.8, 4) is 23.7 Å². The number of allylic oxidation sites excluding steroid dienone is 8. The first-order valence-corrected chi connectivity index (χ1v) is 24.4. The summed E-state index contributed by atoms with van der Waals surface area (Å²) in [7, 11) is 0. The minimum absolute atomic E-state index is 0.135. The standard InChI is InChI=1S/C57H69N3O7/c1-35-12-5-6-29-67-34-41(19-8-15-36(2)14-7-13-35)44-26-28-57(53(44)64)48-32-40-18-10-21-46(52(63)37(3)43(48)25-27-56(57,4)66)45-20-11-22-47-50(45)51(55(65)60-54(47)58)59-33-42(61)24-23-38-16-9-17-39(30-38)31-49(40)62/h8-9,11,13,15-17,19-20,22,30,40,42,44,46,48-49,51,53-54,59,61-62,64,66H,2,7,12,14,21,23-29,31-34,58H2,1,3-4H3,(H,60,65)/b15-8+,35-13+,41-19-,43-37+/t40-,42-,44-,46+,48-,49+,51+,53-,54-,56-,57-/m1/s1. The molecule has 3 aliphatic heterocycles. The normalized spacial score (nSPS) is 37.5. The zero-order chi connectivity index (χ0) is 47.5. The molecule has 2 saturated carbocycles. The van der Waals surface area contributed by atoms with Gasteiger partial charge in [0.25, 0.3) is 0 Å². The molecule has 67 heavy (non-hydrogen) atoms. The number of hydrogen-bond donors (Lipinski definition) is 7. The van der Waals surface area contributed by atoms with Gasteiger partial charge in [-0.25, -0.2) is 0 Å². The van der Waals surface area contributed by atoms with Crippen LogP contribution in [-0.2, 0) is 27.2 Å². The molecule has 1 amide bonds. The molecule has 0 aromatic heterocycles. The van der Waals surface area contributed by atoms with Crippen LogP contribution in [0, 0.1) is 46.9 Å². The highest BCUT2D eigenvalue weighted by Gasteiger charge is 2.64. The molecule has 3 heterocycles. The average Bonchev–Trinajstić information content (AvgIpc) is 3.64. The number of ketones is 1. The van der Waals surface area contributed by atoms with E-state index in [0.717, 1.165) is 40.7 Å². The van der Waals surface area contributed by atoms with Gasteiger partial charge in [-0.05, 0) is 130 Å². The molecule has 8 N–H and O–H groups in total. The number of amides is 1. The molecule has 8 rings (SSSR count). The first-order chi connectivity index (χ1) is 32.2. The van der Waals surface area contributed by atoms with Crippen LogP contribution in [0.25, 0.3) is 0 Å². The molecular formula is C57H69N3O7. The fourth-order valence-electron chi connectivity index (χ4n) is 12.2. The van der Waals surface area contributed by atoms with Crippen LogP contribution in [0.5, 0.6) is 0 Å². The molecule has 0 saturated heterocycles. The third kappa shape index (κ3) is 10.1. The van der Waals surface area contributed by atoms with Crippen LogP contribution in [0.1, 0.15) is 131 Å². The molecule has 10 heteroatoms. The number of carbonyl (C=O) groups excluding carboxylic acids is 2. The number of hydrogen-bond acceptors (Lipinski definition) is 9. The van der Waals surface area contributed by atoms with E-state index >= 15 is 4.79 Å². The van der Waals surface area contributed by atoms with E-state index in [0.29, 0.717) is 80.1 Å². The van der Waals surface area contributed by atoms with Gasteiger partial charge in [-0.3, -0.25) is 14.9 Å². The van der Waals surface area contributed by atoms with Gasteiger partial charge < -0.3 is 36.2 Å². The van der Waals surface area contributed by atoms with Gasteiger partial charge in [-0.2, -0.15) is 0 Å². The summed E-state index contributed by atoms with van der Waals surface area (Å²) < 4.78 is 6.19. The minimum Gasteiger partial charge on any atom is -0.392 e. The third-order valence-corrected chi connectivity index (χ3v) is 15.9. The predicted octanol–water partition coefficient (Wildman–Crippen LogP) is 6.81. The van der Waals surface area contributed by atoms with Crippen molar-refractivity contribution in [3.05, 3.63) is 129 Å². The SMILES string of the molecule is C=C1/C=C/C=C(\[C@H]2CC[C@@]3([C@@H]4C[C@H]5C#CC[C@H](C(=O)/C(C)=C/4CC[C@@]3(C)O)c3cccc4c3[C@H](NC[C@H](O)CCc3cccc(c3)C[C@@H]5O)C(=O)N[C@H]4N)[C@@H]2O)COCC#CC/C(C)=C/CC1. The average molecular weight is 908 g/mol. The summed E-state index contributed by atoms with van der Waals surface area (Å²) in [6.07, 6.45) is 10.6. The summed E-state index contributed by atoms with van der Waals surface area (Å²) >= 11 is 0. The quantitative estimate of drug-likeness (QED) is 0.120. The molecule has 2 aromatic carbocycles. The molecular weight excluding hydrogens is 839 g/mol. The van der Waals surface area contributed by atoms with E-state index in [1.165, 1.54) is 5.57 Å². The van der Waals surface area contributed by atoms with Gasteiger partial charge in [0.1, 0.15) is 18.8 Å². The largest absolute Gasteiger partial charge is 0.392 e. The van der Waals surface area contributed by atoms with Gasteiger partial charge in [0, 0.05) is 36.6 Å². The Morgan fingerprint density at radius 3 is 2.58 bits per heavy atom. The Balaban J connectivity index is 1.25. The second kappa shape index (κ2) is 20.8. The summed E-state index contributed by atoms with van der Waals surface area (Å²) in [6, 6.07) is 12.8. The molecule has 6 aliphatic rings. The fraction of sp³-hybridized carbons (Fsp3) is 0.509. The van der Waals surface area contributed by atoms with Gasteiger partial charge in [-0.15, -0.1) is 5.92 Å². The van der Waals surface area contributed by atoms with Crippen molar-refractivity contribution in [3.63, 3.8) is 0 Å². The summed E-state index contributed by atoms with van der Waals surface area (Å²) in [6.45, 7) is 10.7. The molecule has 4 bridgehead atoms. The number of benzene rings is 2. The maximum Gasteiger partial charge on any atom is 0.243 e. The van der Waals surface area contributed by atoms with Crippen LogP contribution >= 0.6 is 0 Å². The van der Waals surface area contributed by atoms with Gasteiger partial charge in [0.05, 0.1) is 36.4 Å². The summed E-state index contributed by atoms with van der Waals surface area (Å²) in [5.74, 6) is 10.5. The van der Waals surface area contributed by atoms with E-state index in [4.69, 9.17) is 10.5 Å². The molecule has 11 atom stereocenters. The van der Waals surface area contributed by atoms with Crippen molar-refractivity contribution in [1.29, 1.82) is 0 Å². The first-order valence-electron chi connectivity index (χ1n) is 24.4. The number of Topliss-reactive ketones (excluding diaryl/α,β-unsaturated/α-hetero) is 1. The number of rotatable bonds is 1. The van der Waals surface area contributed by atoms with E-state index in [9.17, 15) is 25.2 Å². The van der Waals surface area contributed by atoms with Crippen molar-refractivity contribution in [2.24, 2.45) is 28.9 Å². The fourth-order valence-corrected chi connectivity index (χ4v) is 12.2. The van der Waals surface area contributed by atoms with E-state index in [1.54, 1.807) is 0 Å². The Bertz CT molecular complexity index is 2490. The highest BCUT2D eigenvalue weighted by Crippen LogP contribution is 2.63. The number of ether oxygens (including phenoxy) is 1. The van der Waals surface area contributed by atoms with Gasteiger partial charge >= 0.3 is 0 Å². The number of nitrogens with two attached hydrogens (primary N) is 1. The molecule has 3 aliphatic carbocycles. The van der Waals surface area contributed by atoms with Crippen molar-refractivity contribution in [1.82, 2.24) is 10.6 Å². The minimum atomic E-state index is -1.35. The van der Waals surface area contributed by atoms with E-state index in [2.05, 4.69) is 60.0 Å². The van der Waals surface area contributed by atoms with Crippen LogP contribution in [-0.4, -0.2) is 75.8 Å². The highest BCUT2D eigenvalue weighted by atomic mass is 16.5. The molecule has 10 nitrogen and oxygen atoms in total. The predicted molar refractivity (Wildman–Crippen MR) is 261 cm³/mol. The lowest BCUT2D eigenvalue weighted by Gasteiger charge is -2.56. The summed E-state index contributed by atoms with van der Waals surface area (Å²) in [4.78, 5) is 29.3. The molecule has 0 radical (unpaired) electrons. The Morgan fingerprint density at radius 1 is 0.955 bits per heavy atom. The molecule has 1 spiro atoms. The van der Waals surface area contributed by atoms with Crippen molar-refractivity contribution < 1.29 is 34.8 Å². The van der Waals surface area contributed by atoms with Crippen LogP contribution in [0.3, 0.4) is 0 Å². The topological polar surface area (TPSA) is 174 Å². The smallest absolute Gasteiger partial charge is 0.243 e.